The van der Waals surface area contributed by atoms with Gasteiger partial charge in [-0.1, -0.05) is 30.3 Å². The van der Waals surface area contributed by atoms with E-state index in [1.54, 1.807) is 37.3 Å². The second-order valence-electron chi connectivity index (χ2n) is 5.14. The van der Waals surface area contributed by atoms with Crippen LogP contribution in [0.5, 0.6) is 0 Å². The zero-order chi connectivity index (χ0) is 17.0. The summed E-state index contributed by atoms with van der Waals surface area (Å²) >= 11 is 0. The molecule has 0 spiro atoms. The summed E-state index contributed by atoms with van der Waals surface area (Å²) in [5, 5.41) is 2.67. The minimum absolute atomic E-state index is 0.0621. The van der Waals surface area contributed by atoms with E-state index in [2.05, 4.69) is 10.0 Å². The highest BCUT2D eigenvalue weighted by Crippen LogP contribution is 2.23. The van der Waals surface area contributed by atoms with Crippen molar-refractivity contribution in [3.05, 3.63) is 65.5 Å². The zero-order valence-corrected chi connectivity index (χ0v) is 13.5. The molecule has 2 aromatic rings. The highest BCUT2D eigenvalue weighted by molar-refractivity contribution is 7.92. The van der Waals surface area contributed by atoms with Gasteiger partial charge < -0.3 is 5.32 Å². The molecule has 2 N–H and O–H groups in total. The van der Waals surface area contributed by atoms with Crippen molar-refractivity contribution in [2.24, 2.45) is 0 Å². The van der Waals surface area contributed by atoms with Gasteiger partial charge in [-0.15, -0.1) is 0 Å². The van der Waals surface area contributed by atoms with Crippen molar-refractivity contribution in [2.75, 3.05) is 11.0 Å². The van der Waals surface area contributed by atoms with Gasteiger partial charge in [-0.25, -0.2) is 12.8 Å². The second kappa shape index (κ2) is 6.78. The number of rotatable bonds is 5. The Bertz CT molecular complexity index is 822. The summed E-state index contributed by atoms with van der Waals surface area (Å²) < 4.78 is 38.9. The van der Waals surface area contributed by atoms with Crippen molar-refractivity contribution in [3.8, 4) is 0 Å². The molecule has 5 nitrogen and oxygen atoms in total. The summed E-state index contributed by atoms with van der Waals surface area (Å²) in [6, 6.07) is 11.9. The number of sulfonamides is 1. The number of halogens is 1. The van der Waals surface area contributed by atoms with Crippen LogP contribution in [0.25, 0.3) is 0 Å². The molecule has 2 rings (SSSR count). The number of carbonyl (C=O) groups excluding carboxylic acids is 1. The monoisotopic (exact) mass is 336 g/mol. The topological polar surface area (TPSA) is 75.3 Å². The van der Waals surface area contributed by atoms with Crippen molar-refractivity contribution in [1.29, 1.82) is 0 Å². The maximum atomic E-state index is 13.6. The Kier molecular flexibility index (Phi) is 5.00. The Balaban J connectivity index is 2.23. The van der Waals surface area contributed by atoms with Crippen LogP contribution in [-0.4, -0.2) is 20.6 Å². The summed E-state index contributed by atoms with van der Waals surface area (Å²) in [6.45, 7) is 1.70. The summed E-state index contributed by atoms with van der Waals surface area (Å²) in [7, 11) is -3.44. The highest BCUT2D eigenvalue weighted by atomic mass is 32.2. The normalized spacial score (nSPS) is 12.5. The molecule has 1 amide bonds. The van der Waals surface area contributed by atoms with Crippen LogP contribution >= 0.6 is 0 Å². The maximum absolute atomic E-state index is 13.6. The number of hydrogen-bond donors (Lipinski definition) is 2. The lowest BCUT2D eigenvalue weighted by atomic mass is 10.1. The minimum Gasteiger partial charge on any atom is -0.345 e. The van der Waals surface area contributed by atoms with Crippen LogP contribution in [0.4, 0.5) is 10.1 Å². The summed E-state index contributed by atoms with van der Waals surface area (Å²) in [5.74, 6) is -1.18. The lowest BCUT2D eigenvalue weighted by molar-refractivity contribution is 0.0936. The lowest BCUT2D eigenvalue weighted by Gasteiger charge is -2.18. The average molecular weight is 336 g/mol. The SMILES string of the molecule is C[C@@H](NC(=O)c1ccccc1F)c1ccccc1NS(C)(=O)=O. The molecule has 0 fully saturated rings. The number of para-hydroxylation sites is 1. The molecular weight excluding hydrogens is 319 g/mol. The van der Waals surface area contributed by atoms with Crippen molar-refractivity contribution in [3.63, 3.8) is 0 Å². The molecule has 0 aromatic heterocycles. The van der Waals surface area contributed by atoms with Crippen LogP contribution in [-0.2, 0) is 10.0 Å². The molecule has 0 aliphatic carbocycles. The molecule has 0 unspecified atom stereocenters. The standard InChI is InChI=1S/C16H17FN2O3S/c1-11(18-16(20)13-8-3-5-9-14(13)17)12-7-4-6-10-15(12)19-23(2,21)22/h3-11,19H,1-2H3,(H,18,20)/t11-/m1/s1. The molecule has 0 aliphatic rings. The molecule has 0 bridgehead atoms. The van der Waals surface area contributed by atoms with E-state index in [0.717, 1.165) is 6.26 Å². The average Bonchev–Trinajstić information content (AvgIpc) is 2.46. The first-order valence-corrected chi connectivity index (χ1v) is 8.79. The van der Waals surface area contributed by atoms with E-state index in [0.29, 0.717) is 11.3 Å². The van der Waals surface area contributed by atoms with Gasteiger partial charge in [-0.2, -0.15) is 0 Å². The van der Waals surface area contributed by atoms with Crippen LogP contribution < -0.4 is 10.0 Å². The molecular formula is C16H17FN2O3S. The second-order valence-corrected chi connectivity index (χ2v) is 6.88. The van der Waals surface area contributed by atoms with Gasteiger partial charge in [0.2, 0.25) is 10.0 Å². The van der Waals surface area contributed by atoms with Crippen molar-refractivity contribution in [1.82, 2.24) is 5.32 Å². The van der Waals surface area contributed by atoms with Crippen LogP contribution in [0.1, 0.15) is 28.9 Å². The van der Waals surface area contributed by atoms with Gasteiger partial charge >= 0.3 is 0 Å². The Morgan fingerprint density at radius 1 is 1.09 bits per heavy atom. The third-order valence-corrected chi connectivity index (χ3v) is 3.78. The molecule has 0 aliphatic heterocycles. The number of hydrogen-bond acceptors (Lipinski definition) is 3. The fraction of sp³-hybridized carbons (Fsp3) is 0.188. The van der Waals surface area contributed by atoms with Crippen molar-refractivity contribution in [2.45, 2.75) is 13.0 Å². The van der Waals surface area contributed by atoms with E-state index in [1.807, 2.05) is 0 Å². The minimum atomic E-state index is -3.44. The van der Waals surface area contributed by atoms with Gasteiger partial charge in [0.05, 0.1) is 23.5 Å². The van der Waals surface area contributed by atoms with Crippen LogP contribution in [0.2, 0.25) is 0 Å². The van der Waals surface area contributed by atoms with Crippen LogP contribution in [0, 0.1) is 5.82 Å². The number of benzene rings is 2. The Hall–Kier alpha value is -2.41. The van der Waals surface area contributed by atoms with Crippen LogP contribution in [0.3, 0.4) is 0 Å². The van der Waals surface area contributed by atoms with E-state index in [9.17, 15) is 17.6 Å². The first-order chi connectivity index (χ1) is 10.8. The van der Waals surface area contributed by atoms with Crippen LogP contribution in [0.15, 0.2) is 48.5 Å². The Morgan fingerprint density at radius 3 is 2.35 bits per heavy atom. The van der Waals surface area contributed by atoms with Gasteiger partial charge in [-0.05, 0) is 30.7 Å². The first-order valence-electron chi connectivity index (χ1n) is 6.90. The van der Waals surface area contributed by atoms with Crippen molar-refractivity contribution >= 4 is 21.6 Å². The fourth-order valence-corrected chi connectivity index (χ4v) is 2.75. The zero-order valence-electron chi connectivity index (χ0n) is 12.7. The van der Waals surface area contributed by atoms with Crippen molar-refractivity contribution < 1.29 is 17.6 Å². The van der Waals surface area contributed by atoms with E-state index >= 15 is 0 Å². The number of nitrogens with one attached hydrogen (secondary N) is 2. The predicted octanol–water partition coefficient (Wildman–Crippen LogP) is 2.69. The molecule has 0 saturated heterocycles. The molecule has 0 heterocycles. The van der Waals surface area contributed by atoms with Gasteiger partial charge in [0.1, 0.15) is 5.82 Å². The number of amides is 1. The first kappa shape index (κ1) is 17.0. The third-order valence-electron chi connectivity index (χ3n) is 3.19. The highest BCUT2D eigenvalue weighted by Gasteiger charge is 2.17. The molecule has 2 aromatic carbocycles. The van der Waals surface area contributed by atoms with Gasteiger partial charge in [0.25, 0.3) is 5.91 Å². The third kappa shape index (κ3) is 4.53. The van der Waals surface area contributed by atoms with E-state index < -0.39 is 27.8 Å². The lowest BCUT2D eigenvalue weighted by Crippen LogP contribution is -2.28. The summed E-state index contributed by atoms with van der Waals surface area (Å²) in [4.78, 5) is 12.2. The number of carbonyl (C=O) groups is 1. The summed E-state index contributed by atoms with van der Waals surface area (Å²) in [6.07, 6.45) is 1.05. The van der Waals surface area contributed by atoms with Gasteiger partial charge in [0, 0.05) is 0 Å². The molecule has 1 atom stereocenters. The Labute approximate surface area is 134 Å². The largest absolute Gasteiger partial charge is 0.345 e. The van der Waals surface area contributed by atoms with E-state index in [4.69, 9.17) is 0 Å². The molecule has 23 heavy (non-hydrogen) atoms. The Morgan fingerprint density at radius 2 is 1.70 bits per heavy atom. The predicted molar refractivity (Wildman–Crippen MR) is 87.2 cm³/mol. The molecule has 122 valence electrons. The molecule has 7 heteroatoms. The molecule has 0 radical (unpaired) electrons. The fourth-order valence-electron chi connectivity index (χ4n) is 2.16. The van der Waals surface area contributed by atoms with Gasteiger partial charge in [-0.3, -0.25) is 9.52 Å². The van der Waals surface area contributed by atoms with Gasteiger partial charge in [0.15, 0.2) is 0 Å². The molecule has 0 saturated carbocycles. The van der Waals surface area contributed by atoms with E-state index in [-0.39, 0.29) is 5.56 Å². The summed E-state index contributed by atoms with van der Waals surface area (Å²) in [5.41, 5.74) is 0.895. The maximum Gasteiger partial charge on any atom is 0.254 e. The smallest absolute Gasteiger partial charge is 0.254 e. The quantitative estimate of drug-likeness (QED) is 0.881. The number of anilines is 1. The van der Waals surface area contributed by atoms with E-state index in [1.165, 1.54) is 18.2 Å².